The maximum atomic E-state index is 13.5. The van der Waals surface area contributed by atoms with Gasteiger partial charge in [-0.3, -0.25) is 4.79 Å². The van der Waals surface area contributed by atoms with E-state index in [1.165, 1.54) is 23.3 Å². The van der Waals surface area contributed by atoms with E-state index in [-0.39, 0.29) is 23.7 Å². The predicted molar refractivity (Wildman–Crippen MR) is 133 cm³/mol. The van der Waals surface area contributed by atoms with Crippen molar-refractivity contribution in [3.63, 3.8) is 0 Å². The van der Waals surface area contributed by atoms with Crippen LogP contribution in [0.2, 0.25) is 0 Å². The fourth-order valence-electron chi connectivity index (χ4n) is 5.20. The zero-order chi connectivity index (χ0) is 23.5. The van der Waals surface area contributed by atoms with E-state index >= 15 is 0 Å². The summed E-state index contributed by atoms with van der Waals surface area (Å²) in [6, 6.07) is 23.0. The topological polar surface area (TPSA) is 44.8 Å². The number of halogens is 1. The summed E-state index contributed by atoms with van der Waals surface area (Å²) in [7, 11) is 1.68. The molecule has 5 rings (SSSR count). The molecule has 5 nitrogen and oxygen atoms in total. The van der Waals surface area contributed by atoms with Crippen molar-refractivity contribution < 1.29 is 13.9 Å². The number of nitrogens with zero attached hydrogens (tertiary/aromatic N) is 2. The highest BCUT2D eigenvalue weighted by Crippen LogP contribution is 2.39. The van der Waals surface area contributed by atoms with Crippen molar-refractivity contribution in [2.24, 2.45) is 5.92 Å². The number of rotatable bonds is 6. The number of ether oxygens (including phenoxy) is 1. The molecule has 1 saturated heterocycles. The third kappa shape index (κ3) is 4.58. The second-order valence-corrected chi connectivity index (χ2v) is 9.02. The molecule has 0 radical (unpaired) electrons. The molecule has 0 saturated carbocycles. The van der Waals surface area contributed by atoms with Gasteiger partial charge >= 0.3 is 0 Å². The molecule has 0 spiro atoms. The van der Waals surface area contributed by atoms with Crippen LogP contribution >= 0.6 is 0 Å². The van der Waals surface area contributed by atoms with Crippen molar-refractivity contribution >= 4 is 17.3 Å². The van der Waals surface area contributed by atoms with E-state index in [0.29, 0.717) is 19.5 Å². The van der Waals surface area contributed by atoms with Crippen LogP contribution in [0.15, 0.2) is 72.8 Å². The van der Waals surface area contributed by atoms with E-state index in [1.807, 2.05) is 36.4 Å². The second kappa shape index (κ2) is 9.75. The fourth-order valence-corrected chi connectivity index (χ4v) is 5.20. The minimum Gasteiger partial charge on any atom is -0.497 e. The number of piperazine rings is 1. The molecule has 2 unspecified atom stereocenters. The molecule has 6 heteroatoms. The molecule has 1 N–H and O–H groups in total. The minimum atomic E-state index is -0.239. The van der Waals surface area contributed by atoms with Crippen molar-refractivity contribution in [1.82, 2.24) is 5.32 Å². The quantitative estimate of drug-likeness (QED) is 0.604. The summed E-state index contributed by atoms with van der Waals surface area (Å²) in [4.78, 5) is 18.1. The third-order valence-corrected chi connectivity index (χ3v) is 7.01. The molecule has 0 aliphatic carbocycles. The monoisotopic (exact) mass is 459 g/mol. The highest BCUT2D eigenvalue weighted by molar-refractivity contribution is 5.82. The number of nitrogens with one attached hydrogen (secondary N) is 1. The van der Waals surface area contributed by atoms with Gasteiger partial charge in [0.1, 0.15) is 11.6 Å². The Morgan fingerprint density at radius 2 is 1.85 bits per heavy atom. The van der Waals surface area contributed by atoms with Crippen LogP contribution in [0.25, 0.3) is 0 Å². The Morgan fingerprint density at radius 1 is 1.06 bits per heavy atom. The van der Waals surface area contributed by atoms with E-state index in [2.05, 4.69) is 39.4 Å². The average molecular weight is 460 g/mol. The maximum Gasteiger partial charge on any atom is 0.225 e. The van der Waals surface area contributed by atoms with Gasteiger partial charge in [-0.1, -0.05) is 36.4 Å². The maximum absolute atomic E-state index is 13.5. The van der Waals surface area contributed by atoms with Gasteiger partial charge in [-0.15, -0.1) is 0 Å². The van der Waals surface area contributed by atoms with Gasteiger partial charge in [0, 0.05) is 43.6 Å². The van der Waals surface area contributed by atoms with Crippen molar-refractivity contribution in [2.45, 2.75) is 18.9 Å². The first-order chi connectivity index (χ1) is 16.6. The van der Waals surface area contributed by atoms with Crippen LogP contribution in [-0.4, -0.2) is 45.2 Å². The highest BCUT2D eigenvalue weighted by Gasteiger charge is 2.41. The van der Waals surface area contributed by atoms with Gasteiger partial charge in [0.05, 0.1) is 19.1 Å². The molecule has 2 atom stereocenters. The van der Waals surface area contributed by atoms with Gasteiger partial charge < -0.3 is 19.9 Å². The van der Waals surface area contributed by atoms with E-state index in [0.717, 1.165) is 36.6 Å². The SMILES string of the molecule is COc1ccc2c(c1)N1CCN(c3ccc(F)cc3)CC1C(C(=O)NCCc1ccccc1)C2. The van der Waals surface area contributed by atoms with Crippen molar-refractivity contribution in [3.05, 3.63) is 89.7 Å². The summed E-state index contributed by atoms with van der Waals surface area (Å²) >= 11 is 0. The van der Waals surface area contributed by atoms with Gasteiger partial charge in [-0.25, -0.2) is 4.39 Å². The lowest BCUT2D eigenvalue weighted by Gasteiger charge is -2.49. The summed E-state index contributed by atoms with van der Waals surface area (Å²) in [5.41, 5.74) is 4.53. The average Bonchev–Trinajstić information content (AvgIpc) is 2.88. The van der Waals surface area contributed by atoms with Crippen molar-refractivity contribution in [2.75, 3.05) is 43.1 Å². The third-order valence-electron chi connectivity index (χ3n) is 7.01. The first-order valence-corrected chi connectivity index (χ1v) is 11.9. The number of carbonyl (C=O) groups is 1. The summed E-state index contributed by atoms with van der Waals surface area (Å²) in [6.45, 7) is 2.92. The van der Waals surface area contributed by atoms with E-state index < -0.39 is 0 Å². The molecule has 2 heterocycles. The molecule has 0 aromatic heterocycles. The number of carbonyl (C=O) groups excluding carboxylic acids is 1. The number of benzene rings is 3. The lowest BCUT2D eigenvalue weighted by atomic mass is 9.83. The van der Waals surface area contributed by atoms with Gasteiger partial charge in [0.25, 0.3) is 0 Å². The van der Waals surface area contributed by atoms with Crippen LogP contribution in [0.3, 0.4) is 0 Å². The Kier molecular flexibility index (Phi) is 6.39. The Hall–Kier alpha value is -3.54. The Bertz CT molecular complexity index is 1140. The fraction of sp³-hybridized carbons (Fsp3) is 0.321. The summed E-state index contributed by atoms with van der Waals surface area (Å²) in [6.07, 6.45) is 1.50. The normalized spacial score (nSPS) is 19.2. The number of hydrogen-bond donors (Lipinski definition) is 1. The molecule has 1 fully saturated rings. The first kappa shape index (κ1) is 22.3. The van der Waals surface area contributed by atoms with Gasteiger partial charge in [-0.05, 0) is 54.3 Å². The molecular weight excluding hydrogens is 429 g/mol. The molecule has 34 heavy (non-hydrogen) atoms. The molecule has 1 amide bonds. The zero-order valence-corrected chi connectivity index (χ0v) is 19.4. The highest BCUT2D eigenvalue weighted by atomic mass is 19.1. The largest absolute Gasteiger partial charge is 0.497 e. The predicted octanol–water partition coefficient (Wildman–Crippen LogP) is 4.06. The van der Waals surface area contributed by atoms with Crippen molar-refractivity contribution in [1.29, 1.82) is 0 Å². The summed E-state index contributed by atoms with van der Waals surface area (Å²) in [5, 5.41) is 3.19. The van der Waals surface area contributed by atoms with Crippen LogP contribution in [0.4, 0.5) is 15.8 Å². The summed E-state index contributed by atoms with van der Waals surface area (Å²) in [5.74, 6) is 0.509. The number of methoxy groups -OCH3 is 1. The van der Waals surface area contributed by atoms with Crippen molar-refractivity contribution in [3.8, 4) is 5.75 Å². The van der Waals surface area contributed by atoms with Crippen LogP contribution in [0.1, 0.15) is 11.1 Å². The molecule has 3 aromatic carbocycles. The zero-order valence-electron chi connectivity index (χ0n) is 19.4. The Morgan fingerprint density at radius 3 is 2.62 bits per heavy atom. The van der Waals surface area contributed by atoms with Crippen LogP contribution in [-0.2, 0) is 17.6 Å². The Labute approximate surface area is 200 Å². The lowest BCUT2D eigenvalue weighted by Crippen LogP contribution is -2.61. The minimum absolute atomic E-state index is 0.0233. The van der Waals surface area contributed by atoms with E-state index in [4.69, 9.17) is 4.74 Å². The molecular formula is C28H30FN3O2. The first-order valence-electron chi connectivity index (χ1n) is 11.9. The van der Waals surface area contributed by atoms with Gasteiger partial charge in [0.15, 0.2) is 0 Å². The van der Waals surface area contributed by atoms with Crippen LogP contribution in [0.5, 0.6) is 5.75 Å². The van der Waals surface area contributed by atoms with Gasteiger partial charge in [0.2, 0.25) is 5.91 Å². The smallest absolute Gasteiger partial charge is 0.225 e. The number of anilines is 2. The standard InChI is InChI=1S/C28H30FN3O2/c1-34-24-12-7-21-17-25(28(33)30-14-13-20-5-3-2-4-6-20)27-19-31(15-16-32(27)26(21)18-24)23-10-8-22(29)9-11-23/h2-12,18,25,27H,13-17,19H2,1H3,(H,30,33). The molecule has 2 aliphatic rings. The summed E-state index contributed by atoms with van der Waals surface area (Å²) < 4.78 is 19.0. The lowest BCUT2D eigenvalue weighted by molar-refractivity contribution is -0.125. The van der Waals surface area contributed by atoms with E-state index in [1.54, 1.807) is 7.11 Å². The molecule has 2 aliphatic heterocycles. The van der Waals surface area contributed by atoms with Crippen LogP contribution < -0.4 is 19.9 Å². The second-order valence-electron chi connectivity index (χ2n) is 9.02. The Balaban J connectivity index is 1.37. The number of hydrogen-bond acceptors (Lipinski definition) is 4. The molecule has 0 bridgehead atoms. The number of amides is 1. The molecule has 176 valence electrons. The van der Waals surface area contributed by atoms with Crippen LogP contribution in [0, 0.1) is 11.7 Å². The molecule has 3 aromatic rings. The van der Waals surface area contributed by atoms with Gasteiger partial charge in [-0.2, -0.15) is 0 Å². The van der Waals surface area contributed by atoms with E-state index in [9.17, 15) is 9.18 Å². The number of fused-ring (bicyclic) bond motifs is 3.